The zero-order valence-corrected chi connectivity index (χ0v) is 12.9. The van der Waals surface area contributed by atoms with Crippen molar-refractivity contribution < 1.29 is 14.4 Å². The smallest absolute Gasteiger partial charge is 0.400 e. The van der Waals surface area contributed by atoms with Crippen LogP contribution >= 0.6 is 11.6 Å². The lowest BCUT2D eigenvalue weighted by Crippen LogP contribution is -2.41. The van der Waals surface area contributed by atoms with E-state index in [9.17, 15) is 5.11 Å². The number of pyridine rings is 1. The lowest BCUT2D eigenvalue weighted by molar-refractivity contribution is 0.00578. The highest BCUT2D eigenvalue weighted by atomic mass is 35.5. The highest BCUT2D eigenvalue weighted by molar-refractivity contribution is 6.55. The van der Waals surface area contributed by atoms with Gasteiger partial charge >= 0.3 is 7.12 Å². The molecule has 0 amide bonds. The average molecular weight is 296 g/mol. The van der Waals surface area contributed by atoms with Crippen LogP contribution in [0, 0.1) is 0 Å². The predicted molar refractivity (Wildman–Crippen MR) is 80.4 cm³/mol. The molecule has 2 heterocycles. The molecule has 2 rings (SSSR count). The third kappa shape index (κ3) is 3.06. The first-order valence-electron chi connectivity index (χ1n) is 6.54. The van der Waals surface area contributed by atoms with E-state index in [1.165, 1.54) is 0 Å². The first-order chi connectivity index (χ1) is 9.25. The maximum Gasteiger partial charge on any atom is 0.492 e. The van der Waals surface area contributed by atoms with Crippen molar-refractivity contribution in [2.45, 2.75) is 38.9 Å². The van der Waals surface area contributed by atoms with Crippen molar-refractivity contribution in [1.82, 2.24) is 4.98 Å². The van der Waals surface area contributed by atoms with Crippen LogP contribution in [0.2, 0.25) is 5.02 Å². The van der Waals surface area contributed by atoms with Gasteiger partial charge in [0.05, 0.1) is 28.5 Å². The van der Waals surface area contributed by atoms with Crippen molar-refractivity contribution in [2.75, 3.05) is 6.61 Å². The van der Waals surface area contributed by atoms with Gasteiger partial charge in [0.1, 0.15) is 0 Å². The molecule has 1 N–H and O–H groups in total. The fraction of sp³-hybridized carbons (Fsp3) is 0.500. The highest BCUT2D eigenvalue weighted by Crippen LogP contribution is 2.38. The van der Waals surface area contributed by atoms with E-state index >= 15 is 0 Å². The van der Waals surface area contributed by atoms with Crippen LogP contribution in [-0.2, 0) is 9.31 Å². The molecule has 1 aliphatic rings. The molecule has 1 saturated heterocycles. The molecule has 0 bridgehead atoms. The van der Waals surface area contributed by atoms with Crippen LogP contribution in [0.25, 0.3) is 6.08 Å². The van der Waals surface area contributed by atoms with Gasteiger partial charge in [-0.2, -0.15) is 0 Å². The Morgan fingerprint density at radius 1 is 1.30 bits per heavy atom. The Balaban J connectivity index is 2.24. The van der Waals surface area contributed by atoms with Gasteiger partial charge in [-0.05, 0) is 51.4 Å². The van der Waals surface area contributed by atoms with Crippen LogP contribution in [0.5, 0.6) is 0 Å². The number of aliphatic hydroxyl groups is 1. The molecule has 1 aliphatic heterocycles. The molecule has 0 radical (unpaired) electrons. The minimum atomic E-state index is -0.567. The number of hydrogen-bond acceptors (Lipinski definition) is 4. The van der Waals surface area contributed by atoms with Gasteiger partial charge in [0.15, 0.2) is 0 Å². The van der Waals surface area contributed by atoms with Crippen LogP contribution in [0.4, 0.5) is 0 Å². The zero-order valence-electron chi connectivity index (χ0n) is 12.2. The second kappa shape index (κ2) is 5.49. The molecule has 0 aromatic carbocycles. The van der Waals surface area contributed by atoms with Gasteiger partial charge < -0.3 is 14.4 Å². The Kier molecular flexibility index (Phi) is 4.26. The van der Waals surface area contributed by atoms with E-state index < -0.39 is 18.3 Å². The molecule has 1 aromatic heterocycles. The number of nitrogens with zero attached hydrogens (tertiary/aromatic N) is 1. The van der Waals surface area contributed by atoms with Crippen LogP contribution in [-0.4, -0.2) is 35.0 Å². The third-order valence-corrected chi connectivity index (χ3v) is 4.05. The molecule has 20 heavy (non-hydrogen) atoms. The maximum atomic E-state index is 9.56. The van der Waals surface area contributed by atoms with Gasteiger partial charge in [-0.1, -0.05) is 11.6 Å². The van der Waals surface area contributed by atoms with Crippen LogP contribution in [0.3, 0.4) is 0 Å². The normalized spacial score (nSPS) is 21.3. The monoisotopic (exact) mass is 295 g/mol. The van der Waals surface area contributed by atoms with E-state index in [2.05, 4.69) is 4.98 Å². The standard InChI is InChI=1S/C14H19BClNO3/c1-13(2)14(3,4)20-15(19-13)10(9-18)7-12-6-5-11(16)8-17-12/h5-8,18H,9H2,1-4H3. The van der Waals surface area contributed by atoms with Crippen molar-refractivity contribution in [1.29, 1.82) is 0 Å². The summed E-state index contributed by atoms with van der Waals surface area (Å²) in [6, 6.07) is 3.53. The van der Waals surface area contributed by atoms with E-state index in [0.29, 0.717) is 16.2 Å². The second-order valence-electron chi connectivity index (χ2n) is 5.87. The van der Waals surface area contributed by atoms with Crippen LogP contribution in [0.1, 0.15) is 33.4 Å². The number of halogens is 1. The summed E-state index contributed by atoms with van der Waals surface area (Å²) >= 11 is 5.80. The van der Waals surface area contributed by atoms with Crippen molar-refractivity contribution in [2.24, 2.45) is 0 Å². The van der Waals surface area contributed by atoms with Gasteiger partial charge in [0.2, 0.25) is 0 Å². The number of aliphatic hydroxyl groups excluding tert-OH is 1. The minimum absolute atomic E-state index is 0.152. The van der Waals surface area contributed by atoms with E-state index in [0.717, 1.165) is 0 Å². The summed E-state index contributed by atoms with van der Waals surface area (Å²) < 4.78 is 11.8. The molecule has 4 nitrogen and oxygen atoms in total. The van der Waals surface area contributed by atoms with Gasteiger partial charge in [-0.15, -0.1) is 0 Å². The fourth-order valence-corrected chi connectivity index (χ4v) is 1.96. The van der Waals surface area contributed by atoms with Gasteiger partial charge in [0.25, 0.3) is 0 Å². The van der Waals surface area contributed by atoms with Gasteiger partial charge in [-0.3, -0.25) is 4.98 Å². The molecule has 0 spiro atoms. The molecule has 6 heteroatoms. The van der Waals surface area contributed by atoms with Crippen molar-refractivity contribution in [3.63, 3.8) is 0 Å². The third-order valence-electron chi connectivity index (χ3n) is 3.82. The molecular weight excluding hydrogens is 276 g/mol. The molecular formula is C14H19BClNO3. The summed E-state index contributed by atoms with van der Waals surface area (Å²) in [5, 5.41) is 10.1. The molecule has 0 saturated carbocycles. The highest BCUT2D eigenvalue weighted by Gasteiger charge is 2.52. The number of hydrogen-bond donors (Lipinski definition) is 1. The Labute approximate surface area is 124 Å². The SMILES string of the molecule is CC1(C)OB(C(=Cc2ccc(Cl)cn2)CO)OC1(C)C. The van der Waals surface area contributed by atoms with Gasteiger partial charge in [-0.25, -0.2) is 0 Å². The summed E-state index contributed by atoms with van der Waals surface area (Å²) in [6.07, 6.45) is 3.32. The first kappa shape index (κ1) is 15.5. The van der Waals surface area contributed by atoms with Crippen molar-refractivity contribution in [3.8, 4) is 0 Å². The quantitative estimate of drug-likeness (QED) is 0.871. The van der Waals surface area contributed by atoms with Gasteiger partial charge in [0, 0.05) is 6.20 Å². The van der Waals surface area contributed by atoms with Crippen LogP contribution in [0.15, 0.2) is 23.8 Å². The lowest BCUT2D eigenvalue weighted by atomic mass is 9.78. The molecule has 0 atom stereocenters. The van der Waals surface area contributed by atoms with Crippen molar-refractivity contribution in [3.05, 3.63) is 34.5 Å². The maximum absolute atomic E-state index is 9.56. The number of rotatable bonds is 3. The Bertz CT molecular complexity index is 498. The minimum Gasteiger partial charge on any atom is -0.400 e. The Morgan fingerprint density at radius 3 is 2.35 bits per heavy atom. The summed E-state index contributed by atoms with van der Waals surface area (Å²) in [6.45, 7) is 7.75. The lowest BCUT2D eigenvalue weighted by Gasteiger charge is -2.32. The predicted octanol–water partition coefficient (Wildman–Crippen LogP) is 2.74. The molecule has 0 unspecified atom stereocenters. The molecule has 1 fully saturated rings. The van der Waals surface area contributed by atoms with Crippen molar-refractivity contribution >= 4 is 24.8 Å². The molecule has 1 aromatic rings. The van der Waals surface area contributed by atoms with E-state index in [4.69, 9.17) is 20.9 Å². The van der Waals surface area contributed by atoms with E-state index in [-0.39, 0.29) is 6.61 Å². The summed E-state index contributed by atoms with van der Waals surface area (Å²) in [7, 11) is -0.567. The van der Waals surface area contributed by atoms with Crippen LogP contribution < -0.4 is 0 Å². The first-order valence-corrected chi connectivity index (χ1v) is 6.91. The zero-order chi connectivity index (χ0) is 15.0. The Hall–Kier alpha value is -0.875. The Morgan fingerprint density at radius 2 is 1.90 bits per heavy atom. The largest absolute Gasteiger partial charge is 0.492 e. The molecule has 108 valence electrons. The summed E-state index contributed by atoms with van der Waals surface area (Å²) in [5.41, 5.74) is 0.477. The molecule has 0 aliphatic carbocycles. The summed E-state index contributed by atoms with van der Waals surface area (Å²) in [5.74, 6) is 0. The fourth-order valence-electron chi connectivity index (χ4n) is 1.85. The second-order valence-corrected chi connectivity index (χ2v) is 6.30. The van der Waals surface area contributed by atoms with E-state index in [1.807, 2.05) is 27.7 Å². The average Bonchev–Trinajstić information content (AvgIpc) is 2.57. The topological polar surface area (TPSA) is 51.6 Å². The summed E-state index contributed by atoms with van der Waals surface area (Å²) in [4.78, 5) is 4.18. The van der Waals surface area contributed by atoms with E-state index in [1.54, 1.807) is 24.4 Å². The number of aromatic nitrogens is 1.